The maximum absolute atomic E-state index is 13.2. The van der Waals surface area contributed by atoms with Crippen molar-refractivity contribution in [2.45, 2.75) is 58.9 Å². The van der Waals surface area contributed by atoms with Crippen molar-refractivity contribution in [1.82, 2.24) is 9.88 Å². The van der Waals surface area contributed by atoms with E-state index in [1.165, 1.54) is 7.11 Å². The number of esters is 1. The molecule has 6 nitrogen and oxygen atoms in total. The average Bonchev–Trinajstić information content (AvgIpc) is 3.14. The predicted molar refractivity (Wildman–Crippen MR) is 95.8 cm³/mol. The van der Waals surface area contributed by atoms with Gasteiger partial charge in [0.25, 0.3) is 5.91 Å². The maximum atomic E-state index is 13.2. The Balaban J connectivity index is 2.43. The fourth-order valence-corrected chi connectivity index (χ4v) is 4.11. The second kappa shape index (κ2) is 7.60. The van der Waals surface area contributed by atoms with Gasteiger partial charge in [-0.25, -0.2) is 4.79 Å². The van der Waals surface area contributed by atoms with E-state index in [1.807, 2.05) is 6.92 Å². The largest absolute Gasteiger partial charge is 0.465 e. The highest BCUT2D eigenvalue weighted by atomic mass is 16.5. The van der Waals surface area contributed by atoms with Crippen LogP contribution < -0.4 is 0 Å². The third-order valence-electron chi connectivity index (χ3n) is 5.21. The summed E-state index contributed by atoms with van der Waals surface area (Å²) in [6, 6.07) is 0. The number of nitrogens with zero attached hydrogens (tertiary/aromatic N) is 1. The molecule has 2 rings (SSSR count). The average molecular weight is 350 g/mol. The summed E-state index contributed by atoms with van der Waals surface area (Å²) in [5, 5.41) is 10.1. The van der Waals surface area contributed by atoms with Gasteiger partial charge in [0.1, 0.15) is 5.69 Å². The van der Waals surface area contributed by atoms with Gasteiger partial charge < -0.3 is 19.7 Å². The first-order valence-electron chi connectivity index (χ1n) is 9.03. The van der Waals surface area contributed by atoms with E-state index >= 15 is 0 Å². The van der Waals surface area contributed by atoms with Gasteiger partial charge in [-0.3, -0.25) is 4.79 Å². The van der Waals surface area contributed by atoms with Crippen LogP contribution in [0.1, 0.15) is 72.1 Å². The predicted octanol–water partition coefficient (Wildman–Crippen LogP) is 2.69. The molecule has 0 unspecified atom stereocenters. The molecule has 0 bridgehead atoms. The molecule has 1 aliphatic heterocycles. The van der Waals surface area contributed by atoms with Gasteiger partial charge in [0.05, 0.1) is 24.8 Å². The second-order valence-corrected chi connectivity index (χ2v) is 7.36. The molecule has 140 valence electrons. The highest BCUT2D eigenvalue weighted by molar-refractivity contribution is 6.01. The number of hydrogen-bond donors (Lipinski definition) is 2. The van der Waals surface area contributed by atoms with Gasteiger partial charge in [0, 0.05) is 12.2 Å². The molecule has 1 aromatic heterocycles. The Morgan fingerprint density at radius 1 is 1.40 bits per heavy atom. The minimum atomic E-state index is -0.513. The molecule has 0 aliphatic carbocycles. The van der Waals surface area contributed by atoms with Crippen LogP contribution in [0.15, 0.2) is 0 Å². The summed E-state index contributed by atoms with van der Waals surface area (Å²) in [5.41, 5.74) is 1.70. The Kier molecular flexibility index (Phi) is 5.93. The number of aliphatic hydroxyl groups excluding tert-OH is 1. The first-order valence-corrected chi connectivity index (χ1v) is 9.03. The molecule has 1 aliphatic rings. The Morgan fingerprint density at radius 2 is 2.08 bits per heavy atom. The molecule has 0 saturated carbocycles. The van der Waals surface area contributed by atoms with Crippen LogP contribution in [0, 0.1) is 12.8 Å². The Labute approximate surface area is 149 Å². The van der Waals surface area contributed by atoms with Crippen LogP contribution in [0.5, 0.6) is 0 Å². The third kappa shape index (κ3) is 3.45. The fraction of sp³-hybridized carbons (Fsp3) is 0.684. The highest BCUT2D eigenvalue weighted by Gasteiger charge is 2.44. The zero-order valence-corrected chi connectivity index (χ0v) is 15.9. The van der Waals surface area contributed by atoms with Crippen LogP contribution in [0.3, 0.4) is 0 Å². The number of aromatic amines is 1. The highest BCUT2D eigenvalue weighted by Crippen LogP contribution is 2.36. The van der Waals surface area contributed by atoms with Crippen LogP contribution in [-0.4, -0.2) is 52.7 Å². The van der Waals surface area contributed by atoms with Crippen molar-refractivity contribution in [3.05, 3.63) is 22.5 Å². The van der Waals surface area contributed by atoms with Gasteiger partial charge in [-0.1, -0.05) is 20.8 Å². The van der Waals surface area contributed by atoms with Crippen molar-refractivity contribution in [2.24, 2.45) is 5.92 Å². The zero-order chi connectivity index (χ0) is 18.8. The van der Waals surface area contributed by atoms with Crippen LogP contribution in [0.25, 0.3) is 0 Å². The van der Waals surface area contributed by atoms with Crippen LogP contribution in [-0.2, 0) is 11.2 Å². The number of likely N-dealkylation sites (tertiary alicyclic amines) is 1. The van der Waals surface area contributed by atoms with Crippen molar-refractivity contribution in [3.8, 4) is 0 Å². The van der Waals surface area contributed by atoms with Crippen LogP contribution in [0.2, 0.25) is 0 Å². The quantitative estimate of drug-likeness (QED) is 0.773. The van der Waals surface area contributed by atoms with Crippen molar-refractivity contribution in [3.63, 3.8) is 0 Å². The maximum Gasteiger partial charge on any atom is 0.339 e. The standard InChI is InChI=1S/C19H30N2O4/c1-6-14-15(18(24)25-5)13(4)16(20-14)17(23)21-9-7-8-19(21,11-22)10-12(2)3/h12,20,22H,6-11H2,1-5H3/t19-/m0/s1. The lowest BCUT2D eigenvalue weighted by Crippen LogP contribution is -2.51. The van der Waals surface area contributed by atoms with Crippen molar-refractivity contribution in [1.29, 1.82) is 0 Å². The van der Waals surface area contributed by atoms with Crippen molar-refractivity contribution in [2.75, 3.05) is 20.3 Å². The first-order chi connectivity index (χ1) is 11.8. The minimum absolute atomic E-state index is 0.0405. The minimum Gasteiger partial charge on any atom is -0.465 e. The van der Waals surface area contributed by atoms with Crippen molar-refractivity contribution >= 4 is 11.9 Å². The molecule has 1 atom stereocenters. The second-order valence-electron chi connectivity index (χ2n) is 7.36. The molecule has 1 fully saturated rings. The molecule has 1 amide bonds. The summed E-state index contributed by atoms with van der Waals surface area (Å²) >= 11 is 0. The number of carbonyl (C=O) groups excluding carboxylic acids is 2. The number of amides is 1. The first kappa shape index (κ1) is 19.5. The molecule has 25 heavy (non-hydrogen) atoms. The lowest BCUT2D eigenvalue weighted by molar-refractivity contribution is 0.0327. The van der Waals surface area contributed by atoms with Gasteiger partial charge in [-0.15, -0.1) is 0 Å². The number of aliphatic hydroxyl groups is 1. The van der Waals surface area contributed by atoms with E-state index in [0.717, 1.165) is 19.3 Å². The number of carbonyl (C=O) groups is 2. The number of rotatable bonds is 6. The van der Waals surface area contributed by atoms with Gasteiger partial charge in [-0.2, -0.15) is 0 Å². The summed E-state index contributed by atoms with van der Waals surface area (Å²) in [6.45, 7) is 8.49. The van der Waals surface area contributed by atoms with E-state index in [9.17, 15) is 14.7 Å². The van der Waals surface area contributed by atoms with Gasteiger partial charge in [-0.05, 0) is 44.1 Å². The Hall–Kier alpha value is -1.82. The number of nitrogens with one attached hydrogen (secondary N) is 1. The molecule has 2 N–H and O–H groups in total. The van der Waals surface area contributed by atoms with E-state index in [1.54, 1.807) is 11.8 Å². The monoisotopic (exact) mass is 350 g/mol. The van der Waals surface area contributed by atoms with Gasteiger partial charge in [0.2, 0.25) is 0 Å². The number of ether oxygens (including phenoxy) is 1. The molecule has 0 radical (unpaired) electrons. The van der Waals surface area contributed by atoms with Crippen LogP contribution in [0.4, 0.5) is 0 Å². The molecule has 6 heteroatoms. The molecular formula is C19H30N2O4. The number of aromatic nitrogens is 1. The lowest BCUT2D eigenvalue weighted by Gasteiger charge is -2.38. The molecule has 1 saturated heterocycles. The Bertz CT molecular complexity index is 650. The summed E-state index contributed by atoms with van der Waals surface area (Å²) in [5.74, 6) is -0.196. The van der Waals surface area contributed by atoms with E-state index in [4.69, 9.17) is 4.74 Å². The molecular weight excluding hydrogens is 320 g/mol. The number of H-pyrrole nitrogens is 1. The summed E-state index contributed by atoms with van der Waals surface area (Å²) in [7, 11) is 1.34. The lowest BCUT2D eigenvalue weighted by atomic mass is 9.87. The van der Waals surface area contributed by atoms with E-state index in [0.29, 0.717) is 41.4 Å². The molecule has 0 aromatic carbocycles. The number of aryl methyl sites for hydroxylation is 1. The normalized spacial score (nSPS) is 20.4. The topological polar surface area (TPSA) is 82.6 Å². The molecule has 0 spiro atoms. The zero-order valence-electron chi connectivity index (χ0n) is 15.9. The smallest absolute Gasteiger partial charge is 0.339 e. The summed E-state index contributed by atoms with van der Waals surface area (Å²) in [4.78, 5) is 30.3. The third-order valence-corrected chi connectivity index (χ3v) is 5.21. The van der Waals surface area contributed by atoms with Gasteiger partial charge >= 0.3 is 5.97 Å². The van der Waals surface area contributed by atoms with E-state index in [2.05, 4.69) is 18.8 Å². The van der Waals surface area contributed by atoms with Gasteiger partial charge in [0.15, 0.2) is 0 Å². The van der Waals surface area contributed by atoms with E-state index in [-0.39, 0.29) is 12.5 Å². The molecule has 2 heterocycles. The SMILES string of the molecule is CCc1[nH]c(C(=O)N2CCC[C@@]2(CO)CC(C)C)c(C)c1C(=O)OC. The Morgan fingerprint density at radius 3 is 2.60 bits per heavy atom. The van der Waals surface area contributed by atoms with Crippen LogP contribution >= 0.6 is 0 Å². The van der Waals surface area contributed by atoms with Crippen molar-refractivity contribution < 1.29 is 19.4 Å². The van der Waals surface area contributed by atoms with E-state index < -0.39 is 11.5 Å². The molecule has 1 aromatic rings. The summed E-state index contributed by atoms with van der Waals surface area (Å²) in [6.07, 6.45) is 3.05. The summed E-state index contributed by atoms with van der Waals surface area (Å²) < 4.78 is 4.87. The number of hydrogen-bond acceptors (Lipinski definition) is 4. The number of methoxy groups -OCH3 is 1. The fourth-order valence-electron chi connectivity index (χ4n) is 4.11.